The third-order valence-electron chi connectivity index (χ3n) is 2.53. The Labute approximate surface area is 90.0 Å². The van der Waals surface area contributed by atoms with Gasteiger partial charge in [-0.05, 0) is 35.2 Å². The molecule has 0 aromatic carbocycles. The number of rotatable bonds is 3. The summed E-state index contributed by atoms with van der Waals surface area (Å²) in [7, 11) is 0. The summed E-state index contributed by atoms with van der Waals surface area (Å²) in [5.74, 6) is 0. The first kappa shape index (κ1) is 11.0. The van der Waals surface area contributed by atoms with Crippen LogP contribution in [0.5, 0.6) is 0 Å². The lowest BCUT2D eigenvalue weighted by Gasteiger charge is -2.09. The molecule has 1 aliphatic rings. The Morgan fingerprint density at radius 1 is 1.38 bits per heavy atom. The maximum Gasteiger partial charge on any atom is 0.0216 e. The highest BCUT2D eigenvalue weighted by atomic mass is 35.5. The summed E-state index contributed by atoms with van der Waals surface area (Å²) in [6, 6.07) is 3.00. The molecule has 0 aliphatic heterocycles. The largest absolute Gasteiger partial charge is 1.00 e. The summed E-state index contributed by atoms with van der Waals surface area (Å²) >= 11 is 1.78. The molecule has 0 radical (unpaired) electrons. The van der Waals surface area contributed by atoms with Gasteiger partial charge in [0.25, 0.3) is 0 Å². The van der Waals surface area contributed by atoms with Crippen LogP contribution in [0.3, 0.4) is 0 Å². The standard InChI is InChI=1S/C10H15NS.ClH/c1-2-4-10(3-1)11-7-9-5-6-12-8-9;/h5-6,8,10-11H,1-4,7H2;1H/p-1. The van der Waals surface area contributed by atoms with E-state index in [1.807, 2.05) is 0 Å². The first-order valence-electron chi connectivity index (χ1n) is 4.69. The van der Waals surface area contributed by atoms with Gasteiger partial charge >= 0.3 is 0 Å². The maximum atomic E-state index is 3.59. The van der Waals surface area contributed by atoms with Gasteiger partial charge in [-0.2, -0.15) is 11.3 Å². The van der Waals surface area contributed by atoms with Crippen molar-refractivity contribution < 1.29 is 12.4 Å². The van der Waals surface area contributed by atoms with Crippen molar-refractivity contribution in [2.75, 3.05) is 0 Å². The lowest BCUT2D eigenvalue weighted by Crippen LogP contribution is -3.00. The van der Waals surface area contributed by atoms with Crippen LogP contribution in [0, 0.1) is 0 Å². The molecule has 0 bridgehead atoms. The average Bonchev–Trinajstić information content (AvgIpc) is 2.74. The van der Waals surface area contributed by atoms with Crippen LogP contribution in [0.15, 0.2) is 16.8 Å². The first-order chi connectivity index (χ1) is 5.95. The topological polar surface area (TPSA) is 12.0 Å². The molecule has 1 nitrogen and oxygen atoms in total. The molecule has 13 heavy (non-hydrogen) atoms. The van der Waals surface area contributed by atoms with E-state index in [1.54, 1.807) is 11.3 Å². The third-order valence-corrected chi connectivity index (χ3v) is 3.26. The normalized spacial score (nSPS) is 17.2. The molecule has 1 aromatic rings. The predicted molar refractivity (Wildman–Crippen MR) is 53.4 cm³/mol. The van der Waals surface area contributed by atoms with Gasteiger partial charge in [0.1, 0.15) is 0 Å². The molecule has 1 saturated carbocycles. The van der Waals surface area contributed by atoms with Gasteiger partial charge in [-0.1, -0.05) is 12.8 Å². The van der Waals surface area contributed by atoms with Gasteiger partial charge in [-0.15, -0.1) is 0 Å². The molecule has 1 aliphatic carbocycles. The Morgan fingerprint density at radius 2 is 2.15 bits per heavy atom. The van der Waals surface area contributed by atoms with E-state index in [1.165, 1.54) is 31.2 Å². The molecular weight excluding hydrogens is 202 g/mol. The zero-order valence-corrected chi connectivity index (χ0v) is 9.20. The van der Waals surface area contributed by atoms with Gasteiger partial charge < -0.3 is 17.7 Å². The van der Waals surface area contributed by atoms with Gasteiger partial charge in [0.15, 0.2) is 0 Å². The maximum absolute atomic E-state index is 3.59. The minimum absolute atomic E-state index is 0. The van der Waals surface area contributed by atoms with E-state index in [9.17, 15) is 0 Å². The Bertz CT molecular complexity index is 217. The van der Waals surface area contributed by atoms with Crippen LogP contribution >= 0.6 is 11.3 Å². The summed E-state index contributed by atoms with van der Waals surface area (Å²) in [4.78, 5) is 0. The smallest absolute Gasteiger partial charge is 0.0216 e. The zero-order valence-electron chi connectivity index (χ0n) is 7.63. The van der Waals surface area contributed by atoms with Crippen LogP contribution < -0.4 is 17.7 Å². The van der Waals surface area contributed by atoms with E-state index < -0.39 is 0 Å². The fraction of sp³-hybridized carbons (Fsp3) is 0.600. The van der Waals surface area contributed by atoms with Crippen molar-refractivity contribution in [3.8, 4) is 0 Å². The summed E-state index contributed by atoms with van der Waals surface area (Å²) in [5.41, 5.74) is 1.44. The van der Waals surface area contributed by atoms with E-state index >= 15 is 0 Å². The second-order valence-electron chi connectivity index (χ2n) is 3.49. The molecule has 1 N–H and O–H groups in total. The molecule has 0 spiro atoms. The average molecular weight is 217 g/mol. The van der Waals surface area contributed by atoms with Crippen LogP contribution in [0.25, 0.3) is 0 Å². The summed E-state index contributed by atoms with van der Waals surface area (Å²) < 4.78 is 0. The fourth-order valence-corrected chi connectivity index (χ4v) is 2.45. The van der Waals surface area contributed by atoms with E-state index in [0.29, 0.717) is 0 Å². The van der Waals surface area contributed by atoms with Crippen molar-refractivity contribution in [1.82, 2.24) is 5.32 Å². The molecule has 2 rings (SSSR count). The zero-order chi connectivity index (χ0) is 8.23. The van der Waals surface area contributed by atoms with Crippen molar-refractivity contribution in [2.24, 2.45) is 0 Å². The molecule has 0 saturated heterocycles. The van der Waals surface area contributed by atoms with Crippen molar-refractivity contribution in [1.29, 1.82) is 0 Å². The number of nitrogens with one attached hydrogen (secondary N) is 1. The summed E-state index contributed by atoms with van der Waals surface area (Å²) in [6.45, 7) is 1.06. The number of halogens is 1. The van der Waals surface area contributed by atoms with Crippen LogP contribution in [-0.2, 0) is 6.54 Å². The molecule has 0 atom stereocenters. The monoisotopic (exact) mass is 216 g/mol. The van der Waals surface area contributed by atoms with Crippen LogP contribution in [0.4, 0.5) is 0 Å². The van der Waals surface area contributed by atoms with Crippen LogP contribution in [-0.4, -0.2) is 6.04 Å². The Morgan fingerprint density at radius 3 is 2.77 bits per heavy atom. The number of hydrogen-bond donors (Lipinski definition) is 1. The quantitative estimate of drug-likeness (QED) is 0.737. The van der Waals surface area contributed by atoms with Gasteiger partial charge in [-0.25, -0.2) is 0 Å². The third kappa shape index (κ3) is 3.29. The van der Waals surface area contributed by atoms with Crippen molar-refractivity contribution in [3.05, 3.63) is 22.4 Å². The molecule has 1 fully saturated rings. The molecule has 74 valence electrons. The number of hydrogen-bond acceptors (Lipinski definition) is 2. The molecule has 0 unspecified atom stereocenters. The van der Waals surface area contributed by atoms with Gasteiger partial charge in [0, 0.05) is 12.6 Å². The highest BCUT2D eigenvalue weighted by Gasteiger charge is 2.13. The molecular formula is C10H15ClNS-. The lowest BCUT2D eigenvalue weighted by atomic mass is 10.2. The molecule has 3 heteroatoms. The predicted octanol–water partition coefficient (Wildman–Crippen LogP) is -0.216. The molecule has 1 aromatic heterocycles. The second-order valence-corrected chi connectivity index (χ2v) is 4.27. The van der Waals surface area contributed by atoms with Crippen molar-refractivity contribution in [2.45, 2.75) is 38.3 Å². The molecule has 0 amide bonds. The SMILES string of the molecule is [Cl-].c1cc(CNC2CCCC2)cs1. The summed E-state index contributed by atoms with van der Waals surface area (Å²) in [6.07, 6.45) is 5.59. The number of thiophene rings is 1. The van der Waals surface area contributed by atoms with E-state index in [2.05, 4.69) is 22.1 Å². The highest BCUT2D eigenvalue weighted by Crippen LogP contribution is 2.18. The van der Waals surface area contributed by atoms with Gasteiger partial charge in [0.2, 0.25) is 0 Å². The van der Waals surface area contributed by atoms with Crippen LogP contribution in [0.1, 0.15) is 31.2 Å². The van der Waals surface area contributed by atoms with Gasteiger partial charge in [0.05, 0.1) is 0 Å². The van der Waals surface area contributed by atoms with Crippen molar-refractivity contribution >= 4 is 11.3 Å². The van der Waals surface area contributed by atoms with Crippen molar-refractivity contribution in [3.63, 3.8) is 0 Å². The van der Waals surface area contributed by atoms with Crippen LogP contribution in [0.2, 0.25) is 0 Å². The van der Waals surface area contributed by atoms with E-state index in [-0.39, 0.29) is 12.4 Å². The van der Waals surface area contributed by atoms with E-state index in [4.69, 9.17) is 0 Å². The first-order valence-corrected chi connectivity index (χ1v) is 5.64. The highest BCUT2D eigenvalue weighted by molar-refractivity contribution is 7.07. The fourth-order valence-electron chi connectivity index (χ4n) is 1.79. The van der Waals surface area contributed by atoms with Gasteiger partial charge in [-0.3, -0.25) is 0 Å². The Kier molecular flexibility index (Phi) is 4.78. The Balaban J connectivity index is 0.000000845. The minimum Gasteiger partial charge on any atom is -1.00 e. The lowest BCUT2D eigenvalue weighted by molar-refractivity contribution is -0.00000250. The summed E-state index contributed by atoms with van der Waals surface area (Å²) in [5, 5.41) is 7.96. The Hall–Kier alpha value is -0.0500. The van der Waals surface area contributed by atoms with E-state index in [0.717, 1.165) is 12.6 Å². The minimum atomic E-state index is 0. The second kappa shape index (κ2) is 5.63. The molecule has 1 heterocycles.